The first kappa shape index (κ1) is 22.1. The van der Waals surface area contributed by atoms with Crippen LogP contribution in [0.25, 0.3) is 0 Å². The van der Waals surface area contributed by atoms with Gasteiger partial charge in [0.15, 0.2) is 0 Å². The highest BCUT2D eigenvalue weighted by molar-refractivity contribution is 7.89. The van der Waals surface area contributed by atoms with Crippen LogP contribution >= 0.6 is 0 Å². The first-order valence-corrected chi connectivity index (χ1v) is 10.1. The number of benzene rings is 1. The van der Waals surface area contributed by atoms with E-state index in [1.807, 2.05) is 0 Å². The number of nitrogens with two attached hydrogens (primary N) is 1. The Morgan fingerprint density at radius 1 is 1.19 bits per heavy atom. The molecule has 0 fully saturated rings. The van der Waals surface area contributed by atoms with Crippen molar-refractivity contribution in [2.75, 3.05) is 12.3 Å². The third-order valence-electron chi connectivity index (χ3n) is 3.84. The molecule has 0 aliphatic rings. The largest absolute Gasteiger partial charge is 0.465 e. The number of nitrogens with zero attached hydrogens (tertiary/aromatic N) is 1. The highest BCUT2D eigenvalue weighted by atomic mass is 32.2. The SMILES string of the molecule is CCOC(=O)C(CCCC(C)=O)N(C(C)C)S(=O)(=O)c1ccc(N)cc1. The van der Waals surface area contributed by atoms with E-state index in [1.54, 1.807) is 20.8 Å². The first-order valence-electron chi connectivity index (χ1n) is 8.66. The Hall–Kier alpha value is -1.93. The maximum atomic E-state index is 13.1. The maximum absolute atomic E-state index is 13.1. The van der Waals surface area contributed by atoms with Crippen LogP contribution < -0.4 is 5.73 Å². The minimum absolute atomic E-state index is 0.00917. The van der Waals surface area contributed by atoms with Crippen molar-refractivity contribution in [1.29, 1.82) is 0 Å². The predicted molar refractivity (Wildman–Crippen MR) is 100.0 cm³/mol. The molecule has 1 rings (SSSR count). The second-order valence-corrected chi connectivity index (χ2v) is 8.20. The fraction of sp³-hybridized carbons (Fsp3) is 0.556. The smallest absolute Gasteiger partial charge is 0.324 e. The molecule has 0 spiro atoms. The molecule has 0 saturated carbocycles. The van der Waals surface area contributed by atoms with Crippen LogP contribution in [-0.2, 0) is 24.3 Å². The molecular formula is C18H28N2O5S. The van der Waals surface area contributed by atoms with Crippen molar-refractivity contribution in [1.82, 2.24) is 4.31 Å². The zero-order valence-electron chi connectivity index (χ0n) is 15.8. The molecule has 0 heterocycles. The van der Waals surface area contributed by atoms with Gasteiger partial charge in [0.1, 0.15) is 11.8 Å². The molecule has 8 heteroatoms. The molecule has 1 aromatic rings. The molecule has 0 aliphatic heterocycles. The number of ketones is 1. The van der Waals surface area contributed by atoms with Gasteiger partial charge < -0.3 is 15.3 Å². The van der Waals surface area contributed by atoms with Gasteiger partial charge in [-0.2, -0.15) is 4.31 Å². The minimum Gasteiger partial charge on any atom is -0.465 e. The molecule has 1 aromatic carbocycles. The number of ether oxygens (including phenoxy) is 1. The second-order valence-electron chi connectivity index (χ2n) is 6.36. The third kappa shape index (κ3) is 5.81. The number of hydrogen-bond donors (Lipinski definition) is 1. The predicted octanol–water partition coefficient (Wildman–Crippen LogP) is 2.36. The fourth-order valence-electron chi connectivity index (χ4n) is 2.70. The summed E-state index contributed by atoms with van der Waals surface area (Å²) in [6.45, 7) is 6.68. The van der Waals surface area contributed by atoms with Gasteiger partial charge in [0.2, 0.25) is 10.0 Å². The number of hydrogen-bond acceptors (Lipinski definition) is 6. The van der Waals surface area contributed by atoms with Crippen LogP contribution in [-0.4, -0.2) is 43.2 Å². The van der Waals surface area contributed by atoms with Crippen LogP contribution in [0, 0.1) is 0 Å². The van der Waals surface area contributed by atoms with Crippen molar-refractivity contribution in [3.05, 3.63) is 24.3 Å². The molecule has 1 atom stereocenters. The average Bonchev–Trinajstić information content (AvgIpc) is 2.53. The Balaban J connectivity index is 3.26. The van der Waals surface area contributed by atoms with E-state index in [0.717, 1.165) is 4.31 Å². The molecule has 0 bridgehead atoms. The summed E-state index contributed by atoms with van der Waals surface area (Å²) in [4.78, 5) is 23.7. The Labute approximate surface area is 155 Å². The van der Waals surface area contributed by atoms with Crippen molar-refractivity contribution >= 4 is 27.5 Å². The molecular weight excluding hydrogens is 356 g/mol. The average molecular weight is 384 g/mol. The van der Waals surface area contributed by atoms with Crippen molar-refractivity contribution in [2.45, 2.75) is 63.9 Å². The highest BCUT2D eigenvalue weighted by Gasteiger charge is 2.38. The van der Waals surface area contributed by atoms with E-state index < -0.39 is 28.1 Å². The van der Waals surface area contributed by atoms with E-state index in [-0.39, 0.29) is 30.1 Å². The van der Waals surface area contributed by atoms with Crippen LogP contribution in [0.15, 0.2) is 29.2 Å². The number of sulfonamides is 1. The number of nitrogen functional groups attached to an aromatic ring is 1. The van der Waals surface area contributed by atoms with Gasteiger partial charge in [-0.1, -0.05) is 0 Å². The topological polar surface area (TPSA) is 107 Å². The summed E-state index contributed by atoms with van der Waals surface area (Å²) in [6.07, 6.45) is 0.897. The molecule has 0 aromatic heterocycles. The number of carbonyl (C=O) groups excluding carboxylic acids is 2. The van der Waals surface area contributed by atoms with Gasteiger partial charge in [0.05, 0.1) is 11.5 Å². The van der Waals surface area contributed by atoms with Crippen molar-refractivity contribution in [3.8, 4) is 0 Å². The van der Waals surface area contributed by atoms with Crippen LogP contribution in [0.4, 0.5) is 5.69 Å². The Morgan fingerprint density at radius 3 is 2.23 bits per heavy atom. The van der Waals surface area contributed by atoms with E-state index in [0.29, 0.717) is 12.1 Å². The van der Waals surface area contributed by atoms with Gasteiger partial charge >= 0.3 is 5.97 Å². The summed E-state index contributed by atoms with van der Waals surface area (Å²) < 4.78 is 32.5. The molecule has 26 heavy (non-hydrogen) atoms. The standard InChI is InChI=1S/C18H28N2O5S/c1-5-25-18(22)17(8-6-7-14(4)21)20(13(2)3)26(23,24)16-11-9-15(19)10-12-16/h9-13,17H,5-8,19H2,1-4H3. The van der Waals surface area contributed by atoms with E-state index in [2.05, 4.69) is 0 Å². The zero-order chi connectivity index (χ0) is 19.9. The molecule has 0 aliphatic carbocycles. The second kappa shape index (κ2) is 9.68. The molecule has 0 radical (unpaired) electrons. The van der Waals surface area contributed by atoms with E-state index >= 15 is 0 Å². The van der Waals surface area contributed by atoms with Crippen LogP contribution in [0.1, 0.15) is 47.0 Å². The van der Waals surface area contributed by atoms with E-state index in [4.69, 9.17) is 10.5 Å². The normalized spacial score (nSPS) is 13.0. The summed E-state index contributed by atoms with van der Waals surface area (Å²) in [5.74, 6) is -0.617. The highest BCUT2D eigenvalue weighted by Crippen LogP contribution is 2.25. The lowest BCUT2D eigenvalue weighted by Gasteiger charge is -2.32. The zero-order valence-corrected chi connectivity index (χ0v) is 16.6. The van der Waals surface area contributed by atoms with E-state index in [9.17, 15) is 18.0 Å². The molecule has 2 N–H and O–H groups in total. The summed E-state index contributed by atoms with van der Waals surface area (Å²) in [7, 11) is -3.94. The van der Waals surface area contributed by atoms with Crippen LogP contribution in [0.5, 0.6) is 0 Å². The van der Waals surface area contributed by atoms with Crippen LogP contribution in [0.2, 0.25) is 0 Å². The Kier molecular flexibility index (Phi) is 8.23. The summed E-state index contributed by atoms with van der Waals surface area (Å²) in [5.41, 5.74) is 6.08. The van der Waals surface area contributed by atoms with Crippen molar-refractivity contribution in [2.24, 2.45) is 0 Å². The fourth-order valence-corrected chi connectivity index (χ4v) is 4.50. The van der Waals surface area contributed by atoms with Gasteiger partial charge in [-0.15, -0.1) is 0 Å². The lowest BCUT2D eigenvalue weighted by atomic mass is 10.1. The van der Waals surface area contributed by atoms with Crippen molar-refractivity contribution in [3.63, 3.8) is 0 Å². The number of rotatable bonds is 10. The Bertz CT molecular complexity index is 714. The summed E-state index contributed by atoms with van der Waals surface area (Å²) >= 11 is 0. The summed E-state index contributed by atoms with van der Waals surface area (Å²) in [5, 5.41) is 0. The molecule has 1 unspecified atom stereocenters. The molecule has 7 nitrogen and oxygen atoms in total. The Morgan fingerprint density at radius 2 is 1.77 bits per heavy atom. The van der Waals surface area contributed by atoms with Gasteiger partial charge in [-0.3, -0.25) is 4.79 Å². The monoisotopic (exact) mass is 384 g/mol. The van der Waals surface area contributed by atoms with E-state index in [1.165, 1.54) is 31.2 Å². The van der Waals surface area contributed by atoms with Gasteiger partial charge in [0.25, 0.3) is 0 Å². The first-order chi connectivity index (χ1) is 12.1. The summed E-state index contributed by atoms with van der Waals surface area (Å²) in [6, 6.07) is 4.37. The maximum Gasteiger partial charge on any atom is 0.324 e. The van der Waals surface area contributed by atoms with Gasteiger partial charge in [-0.05, 0) is 64.8 Å². The van der Waals surface area contributed by atoms with Gasteiger partial charge in [0, 0.05) is 18.2 Å². The lowest BCUT2D eigenvalue weighted by molar-refractivity contribution is -0.148. The third-order valence-corrected chi connectivity index (χ3v) is 5.94. The number of Topliss-reactive ketones (excluding diaryl/α,β-unsaturated/α-hetero) is 1. The quantitative estimate of drug-likeness (QED) is 0.490. The number of esters is 1. The van der Waals surface area contributed by atoms with Crippen molar-refractivity contribution < 1.29 is 22.7 Å². The van der Waals surface area contributed by atoms with Crippen LogP contribution in [0.3, 0.4) is 0 Å². The molecule has 0 amide bonds. The molecule has 146 valence electrons. The molecule has 0 saturated heterocycles. The minimum atomic E-state index is -3.94. The lowest BCUT2D eigenvalue weighted by Crippen LogP contribution is -2.49. The number of carbonyl (C=O) groups is 2. The van der Waals surface area contributed by atoms with Gasteiger partial charge in [-0.25, -0.2) is 8.42 Å². The number of anilines is 1.